The van der Waals surface area contributed by atoms with E-state index in [1.165, 1.54) is 0 Å². The van der Waals surface area contributed by atoms with E-state index in [1.54, 1.807) is 11.6 Å². The lowest BCUT2D eigenvalue weighted by atomic mass is 10.3. The summed E-state index contributed by atoms with van der Waals surface area (Å²) < 4.78 is 2.51. The van der Waals surface area contributed by atoms with Crippen molar-refractivity contribution in [3.05, 3.63) is 40.1 Å². The van der Waals surface area contributed by atoms with E-state index in [4.69, 9.17) is 5.73 Å². The van der Waals surface area contributed by atoms with Crippen LogP contribution in [0.25, 0.3) is 5.69 Å². The van der Waals surface area contributed by atoms with Crippen molar-refractivity contribution >= 4 is 21.8 Å². The fraction of sp³-hybridized carbons (Fsp3) is 0.100. The number of primary amides is 1. The molecule has 16 heavy (non-hydrogen) atoms. The highest BCUT2D eigenvalue weighted by Crippen LogP contribution is 2.16. The Hall–Kier alpha value is -1.69. The maximum Gasteiger partial charge on any atom is 0.271 e. The average molecular weight is 281 g/mol. The molecule has 2 aromatic rings. The van der Waals surface area contributed by atoms with E-state index in [9.17, 15) is 4.79 Å². The van der Waals surface area contributed by atoms with Gasteiger partial charge in [-0.1, -0.05) is 27.2 Å². The molecule has 0 fully saturated rings. The van der Waals surface area contributed by atoms with E-state index in [0.717, 1.165) is 10.2 Å². The van der Waals surface area contributed by atoms with Crippen molar-refractivity contribution in [3.8, 4) is 5.69 Å². The van der Waals surface area contributed by atoms with Crippen LogP contribution in [0.1, 0.15) is 16.2 Å². The zero-order chi connectivity index (χ0) is 11.7. The van der Waals surface area contributed by atoms with Gasteiger partial charge < -0.3 is 5.73 Å². The summed E-state index contributed by atoms with van der Waals surface area (Å²) in [6.45, 7) is 1.75. The number of carbonyl (C=O) groups excluding carboxylic acids is 1. The lowest BCUT2D eigenvalue weighted by Crippen LogP contribution is -2.13. The van der Waals surface area contributed by atoms with Gasteiger partial charge in [0.15, 0.2) is 5.69 Å². The summed E-state index contributed by atoms with van der Waals surface area (Å²) in [5.74, 6) is -0.571. The summed E-state index contributed by atoms with van der Waals surface area (Å²) in [4.78, 5) is 11.0. The fourth-order valence-electron chi connectivity index (χ4n) is 1.41. The molecule has 5 nitrogen and oxygen atoms in total. The summed E-state index contributed by atoms with van der Waals surface area (Å²) in [6, 6.07) is 7.54. The number of carbonyl (C=O) groups is 1. The van der Waals surface area contributed by atoms with Crippen molar-refractivity contribution in [1.82, 2.24) is 15.0 Å². The Bertz CT molecular complexity index is 550. The van der Waals surface area contributed by atoms with Gasteiger partial charge in [-0.3, -0.25) is 4.79 Å². The predicted molar refractivity (Wildman–Crippen MR) is 62.3 cm³/mol. The van der Waals surface area contributed by atoms with E-state index in [-0.39, 0.29) is 5.69 Å². The Balaban J connectivity index is 2.53. The van der Waals surface area contributed by atoms with Crippen LogP contribution in [-0.4, -0.2) is 20.9 Å². The van der Waals surface area contributed by atoms with Crippen molar-refractivity contribution in [3.63, 3.8) is 0 Å². The maximum atomic E-state index is 11.0. The van der Waals surface area contributed by atoms with Gasteiger partial charge in [0.25, 0.3) is 5.91 Å². The third-order valence-corrected chi connectivity index (χ3v) is 2.67. The third kappa shape index (κ3) is 1.83. The van der Waals surface area contributed by atoms with E-state index in [2.05, 4.69) is 26.2 Å². The molecule has 0 radical (unpaired) electrons. The number of rotatable bonds is 2. The standard InChI is InChI=1S/C10H9BrN4O/c1-6-9(10(12)16)13-14-15(6)8-4-2-3-7(11)5-8/h2-5H,1H3,(H2,12,16). The minimum atomic E-state index is -0.571. The highest BCUT2D eigenvalue weighted by Gasteiger charge is 2.14. The first-order valence-corrected chi connectivity index (χ1v) is 5.37. The Morgan fingerprint density at radius 3 is 2.81 bits per heavy atom. The molecule has 0 unspecified atom stereocenters. The zero-order valence-electron chi connectivity index (χ0n) is 8.51. The summed E-state index contributed by atoms with van der Waals surface area (Å²) in [5, 5.41) is 7.64. The topological polar surface area (TPSA) is 73.8 Å². The van der Waals surface area contributed by atoms with E-state index in [1.807, 2.05) is 24.3 Å². The minimum absolute atomic E-state index is 0.194. The number of hydrogen-bond acceptors (Lipinski definition) is 3. The number of hydrogen-bond donors (Lipinski definition) is 1. The van der Waals surface area contributed by atoms with Gasteiger partial charge in [0.1, 0.15) is 0 Å². The minimum Gasteiger partial charge on any atom is -0.364 e. The SMILES string of the molecule is Cc1c(C(N)=O)nnn1-c1cccc(Br)c1. The second-order valence-electron chi connectivity index (χ2n) is 3.28. The Morgan fingerprint density at radius 1 is 1.50 bits per heavy atom. The molecule has 82 valence electrons. The summed E-state index contributed by atoms with van der Waals surface area (Å²) >= 11 is 3.37. The van der Waals surface area contributed by atoms with Gasteiger partial charge in [-0.2, -0.15) is 0 Å². The fourth-order valence-corrected chi connectivity index (χ4v) is 1.80. The van der Waals surface area contributed by atoms with Crippen LogP contribution in [0.3, 0.4) is 0 Å². The second kappa shape index (κ2) is 4.05. The molecule has 1 aromatic carbocycles. The molecule has 6 heteroatoms. The van der Waals surface area contributed by atoms with Crippen LogP contribution in [0.5, 0.6) is 0 Å². The third-order valence-electron chi connectivity index (χ3n) is 2.18. The van der Waals surface area contributed by atoms with Crippen LogP contribution in [0.15, 0.2) is 28.7 Å². The van der Waals surface area contributed by atoms with Crippen molar-refractivity contribution in [2.24, 2.45) is 5.73 Å². The molecule has 1 aromatic heterocycles. The van der Waals surface area contributed by atoms with E-state index < -0.39 is 5.91 Å². The molecule has 0 bridgehead atoms. The van der Waals surface area contributed by atoms with Crippen molar-refractivity contribution in [2.45, 2.75) is 6.92 Å². The van der Waals surface area contributed by atoms with Crippen molar-refractivity contribution in [2.75, 3.05) is 0 Å². The molecule has 0 saturated carbocycles. The van der Waals surface area contributed by atoms with E-state index >= 15 is 0 Å². The molecule has 2 N–H and O–H groups in total. The zero-order valence-corrected chi connectivity index (χ0v) is 10.1. The summed E-state index contributed by atoms with van der Waals surface area (Å²) in [5.41, 5.74) is 6.82. The van der Waals surface area contributed by atoms with Crippen LogP contribution in [0.4, 0.5) is 0 Å². The first-order chi connectivity index (χ1) is 7.59. The average Bonchev–Trinajstić information content (AvgIpc) is 2.60. The monoisotopic (exact) mass is 280 g/mol. The van der Waals surface area contributed by atoms with Crippen LogP contribution >= 0.6 is 15.9 Å². The normalized spacial score (nSPS) is 10.4. The summed E-state index contributed by atoms with van der Waals surface area (Å²) in [6.07, 6.45) is 0. The molecule has 1 amide bonds. The molecular weight excluding hydrogens is 272 g/mol. The van der Waals surface area contributed by atoms with E-state index in [0.29, 0.717) is 5.69 Å². The molecule has 0 spiro atoms. The van der Waals surface area contributed by atoms with Crippen molar-refractivity contribution in [1.29, 1.82) is 0 Å². The second-order valence-corrected chi connectivity index (χ2v) is 4.20. The van der Waals surface area contributed by atoms with Gasteiger partial charge in [-0.25, -0.2) is 4.68 Å². The van der Waals surface area contributed by atoms with Crippen LogP contribution < -0.4 is 5.73 Å². The first kappa shape index (κ1) is 10.8. The molecule has 2 rings (SSSR count). The predicted octanol–water partition coefficient (Wildman–Crippen LogP) is 1.44. The van der Waals surface area contributed by atoms with Crippen LogP contribution in [0.2, 0.25) is 0 Å². The lowest BCUT2D eigenvalue weighted by molar-refractivity contribution is 0.0995. The number of amides is 1. The molecule has 0 aliphatic heterocycles. The summed E-state index contributed by atoms with van der Waals surface area (Å²) in [7, 11) is 0. The molecule has 1 heterocycles. The molecule has 0 aliphatic carbocycles. The number of aromatic nitrogens is 3. The van der Waals surface area contributed by atoms with Crippen LogP contribution in [-0.2, 0) is 0 Å². The Morgan fingerprint density at radius 2 is 2.25 bits per heavy atom. The number of nitrogens with zero attached hydrogens (tertiary/aromatic N) is 3. The van der Waals surface area contributed by atoms with Gasteiger partial charge in [0, 0.05) is 4.47 Å². The molecule has 0 atom stereocenters. The van der Waals surface area contributed by atoms with Gasteiger partial charge in [0.2, 0.25) is 0 Å². The largest absolute Gasteiger partial charge is 0.364 e. The Labute approximate surface area is 100 Å². The van der Waals surface area contributed by atoms with Gasteiger partial charge in [-0.05, 0) is 25.1 Å². The molecular formula is C10H9BrN4O. The number of halogens is 1. The highest BCUT2D eigenvalue weighted by atomic mass is 79.9. The molecule has 0 saturated heterocycles. The smallest absolute Gasteiger partial charge is 0.271 e. The quantitative estimate of drug-likeness (QED) is 0.905. The highest BCUT2D eigenvalue weighted by molar-refractivity contribution is 9.10. The van der Waals surface area contributed by atoms with Crippen molar-refractivity contribution < 1.29 is 4.79 Å². The Kier molecular flexibility index (Phi) is 2.74. The van der Waals surface area contributed by atoms with Gasteiger partial charge in [-0.15, -0.1) is 5.10 Å². The first-order valence-electron chi connectivity index (χ1n) is 4.57. The van der Waals surface area contributed by atoms with Gasteiger partial charge >= 0.3 is 0 Å². The molecule has 0 aliphatic rings. The lowest BCUT2D eigenvalue weighted by Gasteiger charge is -2.03. The number of benzene rings is 1. The number of nitrogens with two attached hydrogens (primary N) is 1. The van der Waals surface area contributed by atoms with Crippen LogP contribution in [0, 0.1) is 6.92 Å². The maximum absolute atomic E-state index is 11.0. The van der Waals surface area contributed by atoms with Gasteiger partial charge in [0.05, 0.1) is 11.4 Å².